The van der Waals surface area contributed by atoms with Crippen LogP contribution in [0.3, 0.4) is 0 Å². The average molecular weight is 252 g/mol. The van der Waals surface area contributed by atoms with E-state index in [9.17, 15) is 5.11 Å². The van der Waals surface area contributed by atoms with Gasteiger partial charge in [-0.15, -0.1) is 0 Å². The van der Waals surface area contributed by atoms with Gasteiger partial charge in [-0.2, -0.15) is 0 Å². The summed E-state index contributed by atoms with van der Waals surface area (Å²) < 4.78 is 0. The van der Waals surface area contributed by atoms with Crippen molar-refractivity contribution in [3.8, 4) is 0 Å². The molecule has 1 heteroatoms. The van der Waals surface area contributed by atoms with Crippen molar-refractivity contribution in [1.29, 1.82) is 0 Å². The van der Waals surface area contributed by atoms with E-state index in [1.54, 1.807) is 0 Å². The SMILES string of the molecule is CC1CCC(C(O)C2CCC(C(C)C)CC2)CC1. The summed E-state index contributed by atoms with van der Waals surface area (Å²) >= 11 is 0. The summed E-state index contributed by atoms with van der Waals surface area (Å²) in [6, 6.07) is 0. The molecule has 1 unspecified atom stereocenters. The predicted octanol–water partition coefficient (Wildman–Crippen LogP) is 4.64. The highest BCUT2D eigenvalue weighted by molar-refractivity contribution is 4.84. The largest absolute Gasteiger partial charge is 0.393 e. The van der Waals surface area contributed by atoms with Crippen LogP contribution in [0, 0.1) is 29.6 Å². The molecule has 2 aliphatic carbocycles. The Balaban J connectivity index is 1.78. The van der Waals surface area contributed by atoms with Crippen molar-refractivity contribution in [2.45, 2.75) is 78.2 Å². The van der Waals surface area contributed by atoms with Crippen LogP contribution in [0.1, 0.15) is 72.1 Å². The van der Waals surface area contributed by atoms with E-state index in [-0.39, 0.29) is 6.10 Å². The van der Waals surface area contributed by atoms with Crippen LogP contribution in [-0.4, -0.2) is 11.2 Å². The molecule has 1 N–H and O–H groups in total. The second kappa shape index (κ2) is 6.41. The topological polar surface area (TPSA) is 20.2 Å². The first kappa shape index (κ1) is 14.4. The van der Waals surface area contributed by atoms with Gasteiger partial charge in [-0.25, -0.2) is 0 Å². The Kier molecular flexibility index (Phi) is 5.12. The van der Waals surface area contributed by atoms with Crippen LogP contribution in [0.5, 0.6) is 0 Å². The minimum Gasteiger partial charge on any atom is -0.393 e. The Labute approximate surface area is 113 Å². The third-order valence-corrected chi connectivity index (χ3v) is 5.79. The molecule has 0 bridgehead atoms. The molecule has 0 radical (unpaired) electrons. The molecule has 0 aliphatic heterocycles. The second-order valence-corrected chi connectivity index (χ2v) is 7.43. The van der Waals surface area contributed by atoms with Gasteiger partial charge in [0.25, 0.3) is 0 Å². The fraction of sp³-hybridized carbons (Fsp3) is 1.00. The van der Waals surface area contributed by atoms with E-state index < -0.39 is 0 Å². The number of aliphatic hydroxyl groups is 1. The number of aliphatic hydroxyl groups excluding tert-OH is 1. The Morgan fingerprint density at radius 2 is 1.11 bits per heavy atom. The maximum absolute atomic E-state index is 10.6. The smallest absolute Gasteiger partial charge is 0.0596 e. The van der Waals surface area contributed by atoms with Crippen LogP contribution in [0.2, 0.25) is 0 Å². The lowest BCUT2D eigenvalue weighted by Gasteiger charge is -2.38. The summed E-state index contributed by atoms with van der Waals surface area (Å²) in [4.78, 5) is 0. The van der Waals surface area contributed by atoms with Crippen LogP contribution in [0.4, 0.5) is 0 Å². The highest BCUT2D eigenvalue weighted by Crippen LogP contribution is 2.40. The van der Waals surface area contributed by atoms with E-state index >= 15 is 0 Å². The Bertz CT molecular complexity index is 232. The van der Waals surface area contributed by atoms with Gasteiger partial charge >= 0.3 is 0 Å². The summed E-state index contributed by atoms with van der Waals surface area (Å²) in [7, 11) is 0. The van der Waals surface area contributed by atoms with Crippen molar-refractivity contribution in [3.05, 3.63) is 0 Å². The monoisotopic (exact) mass is 252 g/mol. The van der Waals surface area contributed by atoms with Crippen LogP contribution in [-0.2, 0) is 0 Å². The molecule has 18 heavy (non-hydrogen) atoms. The van der Waals surface area contributed by atoms with Gasteiger partial charge in [-0.1, -0.05) is 33.6 Å². The summed E-state index contributed by atoms with van der Waals surface area (Å²) in [5.41, 5.74) is 0. The van der Waals surface area contributed by atoms with Gasteiger partial charge in [0.2, 0.25) is 0 Å². The van der Waals surface area contributed by atoms with E-state index in [0.717, 1.165) is 17.8 Å². The fourth-order valence-electron chi connectivity index (χ4n) is 4.17. The molecule has 2 fully saturated rings. The molecule has 0 aromatic carbocycles. The predicted molar refractivity (Wildman–Crippen MR) is 77.4 cm³/mol. The van der Waals surface area contributed by atoms with Gasteiger partial charge in [-0.3, -0.25) is 0 Å². The van der Waals surface area contributed by atoms with Gasteiger partial charge in [0, 0.05) is 0 Å². The Hall–Kier alpha value is -0.0400. The van der Waals surface area contributed by atoms with Crippen molar-refractivity contribution in [2.75, 3.05) is 0 Å². The van der Waals surface area contributed by atoms with Crippen LogP contribution < -0.4 is 0 Å². The Morgan fingerprint density at radius 1 is 0.722 bits per heavy atom. The van der Waals surface area contributed by atoms with Gasteiger partial charge in [0.1, 0.15) is 0 Å². The van der Waals surface area contributed by atoms with E-state index in [1.807, 2.05) is 0 Å². The third-order valence-electron chi connectivity index (χ3n) is 5.79. The highest BCUT2D eigenvalue weighted by atomic mass is 16.3. The zero-order valence-corrected chi connectivity index (χ0v) is 12.6. The zero-order valence-electron chi connectivity index (χ0n) is 12.6. The first-order chi connectivity index (χ1) is 8.58. The summed E-state index contributed by atoms with van der Waals surface area (Å²) in [6.45, 7) is 7.06. The maximum Gasteiger partial charge on any atom is 0.0596 e. The number of hydrogen-bond acceptors (Lipinski definition) is 1. The standard InChI is InChI=1S/C17H32O/c1-12(2)14-8-10-16(11-9-14)17(18)15-6-4-13(3)5-7-15/h12-18H,4-11H2,1-3H3. The number of rotatable bonds is 3. The number of hydrogen-bond donors (Lipinski definition) is 1. The quantitative estimate of drug-likeness (QED) is 0.776. The van der Waals surface area contributed by atoms with E-state index in [1.165, 1.54) is 51.4 Å². The minimum absolute atomic E-state index is 0.00520. The third kappa shape index (κ3) is 3.50. The first-order valence-corrected chi connectivity index (χ1v) is 8.26. The van der Waals surface area contributed by atoms with E-state index in [4.69, 9.17) is 0 Å². The molecule has 2 rings (SSSR count). The molecule has 0 amide bonds. The van der Waals surface area contributed by atoms with Gasteiger partial charge < -0.3 is 5.11 Å². The molecule has 0 spiro atoms. The van der Waals surface area contributed by atoms with Gasteiger partial charge in [0.15, 0.2) is 0 Å². The van der Waals surface area contributed by atoms with Crippen molar-refractivity contribution in [3.63, 3.8) is 0 Å². The van der Waals surface area contributed by atoms with Crippen molar-refractivity contribution in [1.82, 2.24) is 0 Å². The lowest BCUT2D eigenvalue weighted by atomic mass is 9.70. The van der Waals surface area contributed by atoms with Crippen molar-refractivity contribution < 1.29 is 5.11 Å². The molecular formula is C17H32O. The average Bonchev–Trinajstić information content (AvgIpc) is 2.39. The normalized spacial score (nSPS) is 39.8. The fourth-order valence-corrected chi connectivity index (χ4v) is 4.17. The molecule has 0 aromatic rings. The molecule has 0 heterocycles. The summed E-state index contributed by atoms with van der Waals surface area (Å²) in [5.74, 6) is 3.86. The first-order valence-electron chi connectivity index (χ1n) is 8.26. The molecule has 2 saturated carbocycles. The van der Waals surface area contributed by atoms with E-state index in [0.29, 0.717) is 11.8 Å². The Morgan fingerprint density at radius 3 is 1.56 bits per heavy atom. The lowest BCUT2D eigenvalue weighted by Crippen LogP contribution is -2.34. The molecular weight excluding hydrogens is 220 g/mol. The van der Waals surface area contributed by atoms with Crippen LogP contribution in [0.25, 0.3) is 0 Å². The van der Waals surface area contributed by atoms with Gasteiger partial charge in [-0.05, 0) is 68.1 Å². The van der Waals surface area contributed by atoms with Crippen LogP contribution in [0.15, 0.2) is 0 Å². The van der Waals surface area contributed by atoms with Crippen LogP contribution >= 0.6 is 0 Å². The van der Waals surface area contributed by atoms with E-state index in [2.05, 4.69) is 20.8 Å². The molecule has 1 atom stereocenters. The summed E-state index contributed by atoms with van der Waals surface area (Å²) in [6.07, 6.45) is 10.5. The lowest BCUT2D eigenvalue weighted by molar-refractivity contribution is 0.00444. The zero-order chi connectivity index (χ0) is 13.1. The maximum atomic E-state index is 10.6. The van der Waals surface area contributed by atoms with Crippen molar-refractivity contribution >= 4 is 0 Å². The molecule has 2 aliphatic rings. The summed E-state index contributed by atoms with van der Waals surface area (Å²) in [5, 5.41) is 10.6. The second-order valence-electron chi connectivity index (χ2n) is 7.43. The molecule has 1 nitrogen and oxygen atoms in total. The molecule has 106 valence electrons. The highest BCUT2D eigenvalue weighted by Gasteiger charge is 2.33. The molecule has 0 aromatic heterocycles. The minimum atomic E-state index is 0.00520. The molecule has 0 saturated heterocycles. The van der Waals surface area contributed by atoms with Gasteiger partial charge in [0.05, 0.1) is 6.10 Å². The van der Waals surface area contributed by atoms with Crippen molar-refractivity contribution in [2.24, 2.45) is 29.6 Å².